The summed E-state index contributed by atoms with van der Waals surface area (Å²) in [7, 11) is 0. The molecule has 2 heterocycles. The van der Waals surface area contributed by atoms with Gasteiger partial charge in [-0.05, 0) is 43.7 Å². The van der Waals surface area contributed by atoms with Gasteiger partial charge in [0.2, 0.25) is 0 Å². The Morgan fingerprint density at radius 3 is 2.79 bits per heavy atom. The molecule has 4 rings (SSSR count). The maximum Gasteiger partial charge on any atom is 0.282 e. The van der Waals surface area contributed by atoms with Gasteiger partial charge in [0.15, 0.2) is 0 Å². The number of furan rings is 1. The van der Waals surface area contributed by atoms with Crippen LogP contribution in [0.5, 0.6) is 0 Å². The van der Waals surface area contributed by atoms with Crippen LogP contribution in [0.15, 0.2) is 67.3 Å². The lowest BCUT2D eigenvalue weighted by Gasteiger charge is -2.08. The Labute approximate surface area is 197 Å². The number of hydrogen-bond donors (Lipinski definition) is 0. The molecule has 0 atom stereocenters. The number of fused-ring (bicyclic) bond motifs is 1. The molecule has 0 unspecified atom stereocenters. The molecule has 4 aromatic rings. The summed E-state index contributed by atoms with van der Waals surface area (Å²) in [4.78, 5) is 28.6. The Morgan fingerprint density at radius 2 is 2.03 bits per heavy atom. The van der Waals surface area contributed by atoms with E-state index < -0.39 is 4.92 Å². The molecule has 0 spiro atoms. The molecule has 2 aromatic carbocycles. The lowest BCUT2D eigenvalue weighted by molar-refractivity contribution is -0.385. The number of hydrogen-bond acceptors (Lipinski definition) is 6. The quantitative estimate of drug-likeness (QED) is 0.176. The Kier molecular flexibility index (Phi) is 6.50. The molecule has 168 valence electrons. The van der Waals surface area contributed by atoms with Crippen LogP contribution in [-0.2, 0) is 6.42 Å². The van der Waals surface area contributed by atoms with Gasteiger partial charge in [0.25, 0.3) is 11.2 Å². The molecule has 8 nitrogen and oxygen atoms in total. The largest absolute Gasteiger partial charge is 0.455 e. The number of halogens is 1. The summed E-state index contributed by atoms with van der Waals surface area (Å²) < 4.78 is 7.91. The van der Waals surface area contributed by atoms with Crippen molar-refractivity contribution in [3.8, 4) is 11.3 Å². The summed E-state index contributed by atoms with van der Waals surface area (Å²) in [6.45, 7) is 3.76. The number of nitro groups is 1. The molecule has 9 heteroatoms. The average Bonchev–Trinajstić information content (AvgIpc) is 3.26. The number of nitro benzene ring substituents is 1. The molecule has 0 fully saturated rings. The Balaban J connectivity index is 1.71. The van der Waals surface area contributed by atoms with Crippen molar-refractivity contribution >= 4 is 38.7 Å². The van der Waals surface area contributed by atoms with Gasteiger partial charge in [0, 0.05) is 28.1 Å². The van der Waals surface area contributed by atoms with E-state index in [9.17, 15) is 14.9 Å². The minimum atomic E-state index is -0.417. The van der Waals surface area contributed by atoms with Crippen molar-refractivity contribution in [2.45, 2.75) is 33.1 Å². The molecular weight excluding hydrogens is 488 g/mol. The number of aryl methyl sites for hydroxylation is 2. The zero-order chi connectivity index (χ0) is 23.5. The molecule has 0 aliphatic rings. The highest BCUT2D eigenvalue weighted by Crippen LogP contribution is 2.28. The number of unbranched alkanes of at least 4 members (excludes halogenated alkanes) is 1. The standard InChI is InChI=1S/C24H21BrN4O4/c1-3-4-5-23-27-20-10-8-17(25)13-19(20)24(30)28(23)26-14-18-9-11-22(33-18)16-7-6-15(2)21(12-16)29(31)32/h6-14H,3-5H2,1-2H3. The van der Waals surface area contributed by atoms with Crippen LogP contribution in [0, 0.1) is 17.0 Å². The molecule has 0 radical (unpaired) electrons. The summed E-state index contributed by atoms with van der Waals surface area (Å²) in [6, 6.07) is 13.7. The second kappa shape index (κ2) is 9.50. The van der Waals surface area contributed by atoms with Gasteiger partial charge in [-0.25, -0.2) is 4.98 Å². The highest BCUT2D eigenvalue weighted by atomic mass is 79.9. The van der Waals surface area contributed by atoms with E-state index in [1.54, 1.807) is 37.3 Å². The second-order valence-corrected chi connectivity index (χ2v) is 8.53. The molecule has 33 heavy (non-hydrogen) atoms. The first-order valence-corrected chi connectivity index (χ1v) is 11.3. The zero-order valence-electron chi connectivity index (χ0n) is 18.1. The number of nitrogens with zero attached hydrogens (tertiary/aromatic N) is 4. The van der Waals surface area contributed by atoms with Crippen LogP contribution in [-0.4, -0.2) is 20.8 Å². The van der Waals surface area contributed by atoms with Gasteiger partial charge in [0.05, 0.1) is 22.0 Å². The van der Waals surface area contributed by atoms with E-state index in [0.29, 0.717) is 45.8 Å². The number of benzene rings is 2. The van der Waals surface area contributed by atoms with E-state index in [2.05, 4.69) is 32.9 Å². The van der Waals surface area contributed by atoms with Gasteiger partial charge in [-0.3, -0.25) is 14.9 Å². The third-order valence-electron chi connectivity index (χ3n) is 5.25. The molecule has 0 saturated heterocycles. The van der Waals surface area contributed by atoms with Crippen LogP contribution in [0.1, 0.15) is 36.9 Å². The zero-order valence-corrected chi connectivity index (χ0v) is 19.7. The fourth-order valence-corrected chi connectivity index (χ4v) is 3.82. The Bertz CT molecular complexity index is 1440. The predicted octanol–water partition coefficient (Wildman–Crippen LogP) is 5.86. The molecule has 0 amide bonds. The normalized spacial score (nSPS) is 11.5. The smallest absolute Gasteiger partial charge is 0.282 e. The SMILES string of the molecule is CCCCc1nc2ccc(Br)cc2c(=O)n1N=Cc1ccc(-c2ccc(C)c([N+](=O)[O-])c2)o1. The maximum atomic E-state index is 13.1. The van der Waals surface area contributed by atoms with Crippen molar-refractivity contribution in [3.63, 3.8) is 0 Å². The van der Waals surface area contributed by atoms with Crippen LogP contribution >= 0.6 is 15.9 Å². The first kappa shape index (κ1) is 22.6. The highest BCUT2D eigenvalue weighted by molar-refractivity contribution is 9.10. The number of rotatable bonds is 7. The summed E-state index contributed by atoms with van der Waals surface area (Å²) in [5.41, 5.74) is 1.56. The van der Waals surface area contributed by atoms with E-state index in [0.717, 1.165) is 17.3 Å². The van der Waals surface area contributed by atoms with Gasteiger partial charge in [0.1, 0.15) is 17.3 Å². The van der Waals surface area contributed by atoms with Gasteiger partial charge < -0.3 is 4.42 Å². The summed E-state index contributed by atoms with van der Waals surface area (Å²) in [5, 5.41) is 16.1. The lowest BCUT2D eigenvalue weighted by atomic mass is 10.1. The maximum absolute atomic E-state index is 13.1. The predicted molar refractivity (Wildman–Crippen MR) is 131 cm³/mol. The van der Waals surface area contributed by atoms with Crippen molar-refractivity contribution in [3.05, 3.63) is 90.6 Å². The van der Waals surface area contributed by atoms with E-state index in [-0.39, 0.29) is 11.2 Å². The molecule has 2 aromatic heterocycles. The molecule has 0 bridgehead atoms. The van der Waals surface area contributed by atoms with Crippen molar-refractivity contribution in [2.75, 3.05) is 0 Å². The van der Waals surface area contributed by atoms with Crippen molar-refractivity contribution in [2.24, 2.45) is 5.10 Å². The van der Waals surface area contributed by atoms with Crippen molar-refractivity contribution in [1.82, 2.24) is 9.66 Å². The average molecular weight is 509 g/mol. The van der Waals surface area contributed by atoms with Crippen LogP contribution in [0.3, 0.4) is 0 Å². The topological polar surface area (TPSA) is 104 Å². The molecule has 0 aliphatic carbocycles. The summed E-state index contributed by atoms with van der Waals surface area (Å²) in [6.07, 6.45) is 3.91. The van der Waals surface area contributed by atoms with Crippen LogP contribution in [0.4, 0.5) is 5.69 Å². The Morgan fingerprint density at radius 1 is 1.21 bits per heavy atom. The minimum absolute atomic E-state index is 0.0274. The third-order valence-corrected chi connectivity index (χ3v) is 5.74. The van der Waals surface area contributed by atoms with E-state index in [4.69, 9.17) is 4.42 Å². The van der Waals surface area contributed by atoms with E-state index in [1.165, 1.54) is 17.0 Å². The number of aromatic nitrogens is 2. The van der Waals surface area contributed by atoms with Gasteiger partial charge in [-0.1, -0.05) is 41.4 Å². The van der Waals surface area contributed by atoms with E-state index >= 15 is 0 Å². The van der Waals surface area contributed by atoms with Crippen LogP contribution in [0.25, 0.3) is 22.2 Å². The first-order valence-electron chi connectivity index (χ1n) is 10.5. The monoisotopic (exact) mass is 508 g/mol. The minimum Gasteiger partial charge on any atom is -0.455 e. The van der Waals surface area contributed by atoms with Gasteiger partial charge >= 0.3 is 0 Å². The van der Waals surface area contributed by atoms with Crippen LogP contribution in [0.2, 0.25) is 0 Å². The van der Waals surface area contributed by atoms with Gasteiger partial charge in [-0.15, -0.1) is 0 Å². The lowest BCUT2D eigenvalue weighted by Crippen LogP contribution is -2.22. The highest BCUT2D eigenvalue weighted by Gasteiger charge is 2.14. The molecular formula is C24H21BrN4O4. The van der Waals surface area contributed by atoms with Crippen LogP contribution < -0.4 is 5.56 Å². The van der Waals surface area contributed by atoms with Crippen molar-refractivity contribution < 1.29 is 9.34 Å². The second-order valence-electron chi connectivity index (χ2n) is 7.61. The fourth-order valence-electron chi connectivity index (χ4n) is 3.46. The van der Waals surface area contributed by atoms with Gasteiger partial charge in [-0.2, -0.15) is 9.78 Å². The third kappa shape index (κ3) is 4.78. The molecule has 0 aliphatic heterocycles. The summed E-state index contributed by atoms with van der Waals surface area (Å²) >= 11 is 3.40. The first-order chi connectivity index (χ1) is 15.9. The van der Waals surface area contributed by atoms with E-state index in [1.807, 2.05) is 12.1 Å². The van der Waals surface area contributed by atoms with Crippen molar-refractivity contribution in [1.29, 1.82) is 0 Å². The molecule has 0 saturated carbocycles. The Hall–Kier alpha value is -3.59. The molecule has 0 N–H and O–H groups in total. The fraction of sp³-hybridized carbons (Fsp3) is 0.208. The summed E-state index contributed by atoms with van der Waals surface area (Å²) in [5.74, 6) is 1.46.